The monoisotopic (exact) mass is 367 g/mol. The van der Waals surface area contributed by atoms with E-state index < -0.39 is 0 Å². The number of allylic oxidation sites excluding steroid dienone is 3. The zero-order valence-electron chi connectivity index (χ0n) is 16.1. The maximum Gasteiger partial charge on any atom is 0.222 e. The summed E-state index contributed by atoms with van der Waals surface area (Å²) in [5, 5.41) is 0. The molecule has 142 valence electrons. The van der Waals surface area contributed by atoms with Crippen molar-refractivity contribution in [3.8, 4) is 17.2 Å². The fourth-order valence-electron chi connectivity index (χ4n) is 2.58. The van der Waals surface area contributed by atoms with Crippen LogP contribution in [0.5, 0.6) is 17.2 Å². The normalized spacial score (nSPS) is 11.8. The zero-order chi connectivity index (χ0) is 20.0. The first-order valence-electron chi connectivity index (χ1n) is 8.48. The van der Waals surface area contributed by atoms with Crippen molar-refractivity contribution in [1.29, 1.82) is 0 Å². The summed E-state index contributed by atoms with van der Waals surface area (Å²) in [5.41, 5.74) is 14.2. The van der Waals surface area contributed by atoms with Gasteiger partial charge in [-0.2, -0.15) is 4.98 Å². The minimum Gasteiger partial charge on any atom is -0.496 e. The summed E-state index contributed by atoms with van der Waals surface area (Å²) < 4.78 is 11.6. The van der Waals surface area contributed by atoms with Gasteiger partial charge in [-0.15, -0.1) is 0 Å². The first-order chi connectivity index (χ1) is 12.9. The molecule has 0 radical (unpaired) electrons. The van der Waals surface area contributed by atoms with Crippen molar-refractivity contribution in [2.45, 2.75) is 26.7 Å². The van der Waals surface area contributed by atoms with Crippen molar-refractivity contribution in [3.63, 3.8) is 0 Å². The van der Waals surface area contributed by atoms with Crippen LogP contribution >= 0.6 is 0 Å². The summed E-state index contributed by atoms with van der Waals surface area (Å²) in [6.45, 7) is 9.55. The summed E-state index contributed by atoms with van der Waals surface area (Å²) in [6, 6.07) is 3.87. The predicted molar refractivity (Wildman–Crippen MR) is 110 cm³/mol. The fraction of sp³-hybridized carbons (Fsp3) is 0.250. The summed E-state index contributed by atoms with van der Waals surface area (Å²) in [5.74, 6) is 2.18. The minimum absolute atomic E-state index is 0.0950. The van der Waals surface area contributed by atoms with Gasteiger partial charge in [-0.3, -0.25) is 4.99 Å². The summed E-state index contributed by atoms with van der Waals surface area (Å²) in [7, 11) is 1.64. The second kappa shape index (κ2) is 8.84. The molecule has 0 spiro atoms. The Hall–Kier alpha value is -3.35. The van der Waals surface area contributed by atoms with Gasteiger partial charge in [0.1, 0.15) is 11.5 Å². The van der Waals surface area contributed by atoms with Gasteiger partial charge in [0.05, 0.1) is 13.3 Å². The Balaban J connectivity index is 2.61. The molecule has 0 bridgehead atoms. The molecule has 0 fully saturated rings. The third kappa shape index (κ3) is 4.63. The molecule has 0 saturated carbocycles. The van der Waals surface area contributed by atoms with E-state index in [0.29, 0.717) is 11.5 Å². The van der Waals surface area contributed by atoms with Gasteiger partial charge in [0, 0.05) is 17.3 Å². The Kier molecular flexibility index (Phi) is 6.54. The van der Waals surface area contributed by atoms with E-state index in [-0.39, 0.29) is 17.7 Å². The highest BCUT2D eigenvalue weighted by molar-refractivity contribution is 5.79. The van der Waals surface area contributed by atoms with Gasteiger partial charge < -0.3 is 20.9 Å². The van der Waals surface area contributed by atoms with Gasteiger partial charge in [-0.05, 0) is 43.3 Å². The van der Waals surface area contributed by atoms with Gasteiger partial charge in [0.2, 0.25) is 5.95 Å². The summed E-state index contributed by atoms with van der Waals surface area (Å²) in [6.07, 6.45) is 6.89. The van der Waals surface area contributed by atoms with E-state index >= 15 is 0 Å². The number of nitrogens with two attached hydrogens (primary N) is 2. The Labute approximate surface area is 159 Å². The molecule has 1 aromatic carbocycles. The lowest BCUT2D eigenvalue weighted by Crippen LogP contribution is -2.03. The molecule has 7 nitrogen and oxygen atoms in total. The predicted octanol–water partition coefficient (Wildman–Crippen LogP) is 4.18. The average Bonchev–Trinajstić information content (AvgIpc) is 2.64. The van der Waals surface area contributed by atoms with Crippen LogP contribution in [-0.4, -0.2) is 23.8 Å². The van der Waals surface area contributed by atoms with E-state index in [4.69, 9.17) is 20.9 Å². The maximum atomic E-state index is 6.05. The molecule has 4 N–H and O–H groups in total. The summed E-state index contributed by atoms with van der Waals surface area (Å²) >= 11 is 0. The lowest BCUT2D eigenvalue weighted by Gasteiger charge is -2.19. The van der Waals surface area contributed by atoms with Crippen LogP contribution in [-0.2, 0) is 0 Å². The van der Waals surface area contributed by atoms with Gasteiger partial charge in [0.25, 0.3) is 0 Å². The van der Waals surface area contributed by atoms with Crippen molar-refractivity contribution in [1.82, 2.24) is 9.97 Å². The number of nitrogens with zero attached hydrogens (tertiary/aromatic N) is 3. The minimum atomic E-state index is 0.0950. The van der Waals surface area contributed by atoms with Crippen LogP contribution in [0.1, 0.15) is 37.8 Å². The highest BCUT2D eigenvalue weighted by atomic mass is 16.5. The van der Waals surface area contributed by atoms with Crippen molar-refractivity contribution in [2.75, 3.05) is 18.6 Å². The Bertz CT molecular complexity index is 888. The second-order valence-electron chi connectivity index (χ2n) is 6.07. The summed E-state index contributed by atoms with van der Waals surface area (Å²) in [4.78, 5) is 11.7. The van der Waals surface area contributed by atoms with Gasteiger partial charge in [0.15, 0.2) is 11.6 Å². The van der Waals surface area contributed by atoms with Gasteiger partial charge in [-0.25, -0.2) is 4.98 Å². The Morgan fingerprint density at radius 3 is 2.52 bits per heavy atom. The van der Waals surface area contributed by atoms with Crippen molar-refractivity contribution in [3.05, 3.63) is 47.8 Å². The number of aromatic nitrogens is 2. The van der Waals surface area contributed by atoms with Gasteiger partial charge >= 0.3 is 0 Å². The average molecular weight is 367 g/mol. The fourth-order valence-corrected chi connectivity index (χ4v) is 2.58. The molecule has 0 unspecified atom stereocenters. The highest BCUT2D eigenvalue weighted by Crippen LogP contribution is 2.39. The number of hydrogen-bond acceptors (Lipinski definition) is 7. The number of rotatable bonds is 7. The molecule has 0 atom stereocenters. The maximum absolute atomic E-state index is 6.05. The molecule has 27 heavy (non-hydrogen) atoms. The SMILES string of the molecule is C=N/C=C\C(=C/C)c1cc(Oc2cnc(N)nc2N)c(C(C)C)cc1OC. The highest BCUT2D eigenvalue weighted by Gasteiger charge is 2.17. The second-order valence-corrected chi connectivity index (χ2v) is 6.07. The smallest absolute Gasteiger partial charge is 0.222 e. The number of nitrogen functional groups attached to an aromatic ring is 2. The van der Waals surface area contributed by atoms with Crippen molar-refractivity contribution in [2.24, 2.45) is 4.99 Å². The van der Waals surface area contributed by atoms with Crippen LogP contribution in [0.25, 0.3) is 5.57 Å². The molecular weight excluding hydrogens is 342 g/mol. The number of methoxy groups -OCH3 is 1. The van der Waals surface area contributed by atoms with E-state index in [0.717, 1.165) is 22.4 Å². The van der Waals surface area contributed by atoms with Crippen LogP contribution in [0.15, 0.2) is 41.7 Å². The van der Waals surface area contributed by atoms with Gasteiger partial charge in [-0.1, -0.05) is 19.9 Å². The van der Waals surface area contributed by atoms with Crippen molar-refractivity contribution >= 4 is 24.1 Å². The standard InChI is InChI=1S/C20H25N5O2/c1-6-13(7-8-23-4)15-10-17(14(12(2)3)9-16(15)26-5)27-18-11-24-20(22)25-19(18)21/h6-12H,4H2,1-3,5H3,(H4,21,22,24,25)/b8-7-,13-6+. The largest absolute Gasteiger partial charge is 0.496 e. The number of benzene rings is 1. The van der Waals surface area contributed by atoms with Crippen LogP contribution in [0.2, 0.25) is 0 Å². The molecule has 1 aromatic heterocycles. The van der Waals surface area contributed by atoms with E-state index in [1.54, 1.807) is 13.3 Å². The molecule has 0 amide bonds. The van der Waals surface area contributed by atoms with Crippen LogP contribution in [0.3, 0.4) is 0 Å². The third-order valence-corrected chi connectivity index (χ3v) is 3.96. The number of aliphatic imine (C=N–C) groups is 1. The number of hydrogen-bond donors (Lipinski definition) is 2. The Morgan fingerprint density at radius 1 is 1.22 bits per heavy atom. The van der Waals surface area contributed by atoms with Crippen LogP contribution in [0, 0.1) is 0 Å². The quantitative estimate of drug-likeness (QED) is 0.561. The number of anilines is 2. The molecule has 2 rings (SSSR count). The molecule has 1 heterocycles. The molecule has 0 aliphatic rings. The first kappa shape index (κ1) is 20.0. The zero-order valence-corrected chi connectivity index (χ0v) is 16.1. The lowest BCUT2D eigenvalue weighted by atomic mass is 9.96. The lowest BCUT2D eigenvalue weighted by molar-refractivity contribution is 0.409. The first-order valence-corrected chi connectivity index (χ1v) is 8.48. The number of ether oxygens (including phenoxy) is 2. The van der Waals surface area contributed by atoms with E-state index in [9.17, 15) is 0 Å². The topological polar surface area (TPSA) is 109 Å². The molecular formula is C20H25N5O2. The Morgan fingerprint density at radius 2 is 1.96 bits per heavy atom. The van der Waals surface area contributed by atoms with E-state index in [1.807, 2.05) is 31.2 Å². The molecule has 2 aromatic rings. The van der Waals surface area contributed by atoms with Crippen LogP contribution < -0.4 is 20.9 Å². The van der Waals surface area contributed by atoms with E-state index in [1.165, 1.54) is 6.20 Å². The van der Waals surface area contributed by atoms with Crippen molar-refractivity contribution < 1.29 is 9.47 Å². The van der Waals surface area contributed by atoms with E-state index in [2.05, 4.69) is 35.5 Å². The molecule has 0 saturated heterocycles. The molecule has 7 heteroatoms. The molecule has 0 aliphatic heterocycles. The molecule has 0 aliphatic carbocycles. The van der Waals surface area contributed by atoms with Crippen LogP contribution in [0.4, 0.5) is 11.8 Å². The third-order valence-electron chi connectivity index (χ3n) is 3.96.